The Kier molecular flexibility index (Phi) is 6.55. The molecule has 0 saturated heterocycles. The van der Waals surface area contributed by atoms with E-state index in [9.17, 15) is 19.5 Å². The Bertz CT molecular complexity index is 566. The van der Waals surface area contributed by atoms with Gasteiger partial charge in [0.2, 0.25) is 5.91 Å². The van der Waals surface area contributed by atoms with Gasteiger partial charge in [0, 0.05) is 11.3 Å². The van der Waals surface area contributed by atoms with E-state index in [2.05, 4.69) is 10.6 Å². The van der Waals surface area contributed by atoms with Crippen LogP contribution in [0.3, 0.4) is 0 Å². The van der Waals surface area contributed by atoms with Gasteiger partial charge in [0.05, 0.1) is 5.56 Å². The van der Waals surface area contributed by atoms with E-state index in [4.69, 9.17) is 0 Å². The second-order valence-corrected chi connectivity index (χ2v) is 6.75. The predicted molar refractivity (Wildman–Crippen MR) is 86.3 cm³/mol. The SMILES string of the molecule is CCC(=O)Nc1sc(C)cc1C(=O)NC(CC(C)C)C(=O)O. The van der Waals surface area contributed by atoms with Crippen molar-refractivity contribution in [2.45, 2.75) is 46.6 Å². The summed E-state index contributed by atoms with van der Waals surface area (Å²) in [6, 6.07) is 0.710. The van der Waals surface area contributed by atoms with Crippen LogP contribution in [0.5, 0.6) is 0 Å². The molecule has 1 heterocycles. The number of carboxylic acid groups (broad SMARTS) is 1. The minimum Gasteiger partial charge on any atom is -0.480 e. The lowest BCUT2D eigenvalue weighted by Gasteiger charge is -2.16. The van der Waals surface area contributed by atoms with E-state index in [1.54, 1.807) is 13.0 Å². The monoisotopic (exact) mass is 326 g/mol. The molecule has 1 unspecified atom stereocenters. The summed E-state index contributed by atoms with van der Waals surface area (Å²) in [6.07, 6.45) is 0.657. The zero-order chi connectivity index (χ0) is 16.9. The van der Waals surface area contributed by atoms with Crippen molar-refractivity contribution < 1.29 is 19.5 Å². The number of hydrogen-bond donors (Lipinski definition) is 3. The third-order valence-corrected chi connectivity index (χ3v) is 3.95. The van der Waals surface area contributed by atoms with E-state index in [1.807, 2.05) is 20.8 Å². The van der Waals surface area contributed by atoms with E-state index in [-0.39, 0.29) is 11.8 Å². The molecule has 1 aromatic heterocycles. The first-order valence-corrected chi connectivity index (χ1v) is 8.00. The summed E-state index contributed by atoms with van der Waals surface area (Å²) in [5.41, 5.74) is 0.305. The summed E-state index contributed by atoms with van der Waals surface area (Å²) >= 11 is 1.30. The Hall–Kier alpha value is -1.89. The molecule has 0 spiro atoms. The second kappa shape index (κ2) is 7.93. The van der Waals surface area contributed by atoms with Crippen molar-refractivity contribution >= 4 is 34.1 Å². The van der Waals surface area contributed by atoms with Crippen LogP contribution < -0.4 is 10.6 Å². The van der Waals surface area contributed by atoms with Gasteiger partial charge in [-0.1, -0.05) is 20.8 Å². The van der Waals surface area contributed by atoms with Gasteiger partial charge in [-0.15, -0.1) is 11.3 Å². The number of carbonyl (C=O) groups is 3. The molecule has 0 fully saturated rings. The van der Waals surface area contributed by atoms with Crippen molar-refractivity contribution in [3.05, 3.63) is 16.5 Å². The molecule has 0 aliphatic carbocycles. The van der Waals surface area contributed by atoms with Gasteiger partial charge in [0.1, 0.15) is 11.0 Å². The van der Waals surface area contributed by atoms with Crippen LogP contribution in [0.4, 0.5) is 5.00 Å². The molecule has 7 heteroatoms. The summed E-state index contributed by atoms with van der Waals surface area (Å²) in [6.45, 7) is 7.33. The van der Waals surface area contributed by atoms with Crippen molar-refractivity contribution in [1.82, 2.24) is 5.32 Å². The summed E-state index contributed by atoms with van der Waals surface area (Å²) in [5, 5.41) is 14.9. The Morgan fingerprint density at radius 1 is 1.32 bits per heavy atom. The summed E-state index contributed by atoms with van der Waals surface area (Å²) < 4.78 is 0. The molecule has 0 aliphatic rings. The summed E-state index contributed by atoms with van der Waals surface area (Å²) in [5.74, 6) is -1.59. The third kappa shape index (κ3) is 5.14. The maximum Gasteiger partial charge on any atom is 0.326 e. The first-order valence-electron chi connectivity index (χ1n) is 7.18. The number of anilines is 1. The van der Waals surface area contributed by atoms with E-state index in [0.717, 1.165) is 4.88 Å². The first-order chi connectivity index (χ1) is 10.2. The number of thiophene rings is 1. The highest BCUT2D eigenvalue weighted by Crippen LogP contribution is 2.28. The molecular formula is C15H22N2O4S. The molecule has 0 bridgehead atoms. The molecule has 0 radical (unpaired) electrons. The topological polar surface area (TPSA) is 95.5 Å². The third-order valence-electron chi connectivity index (χ3n) is 2.98. The molecular weight excluding hydrogens is 304 g/mol. The van der Waals surface area contributed by atoms with E-state index in [1.165, 1.54) is 11.3 Å². The highest BCUT2D eigenvalue weighted by molar-refractivity contribution is 7.16. The van der Waals surface area contributed by atoms with Crippen LogP contribution in [0, 0.1) is 12.8 Å². The molecule has 2 amide bonds. The minimum atomic E-state index is -1.06. The molecule has 0 aromatic carbocycles. The first kappa shape index (κ1) is 18.2. The Morgan fingerprint density at radius 2 is 1.95 bits per heavy atom. The molecule has 22 heavy (non-hydrogen) atoms. The van der Waals surface area contributed by atoms with Crippen LogP contribution in [0.15, 0.2) is 6.07 Å². The molecule has 3 N–H and O–H groups in total. The zero-order valence-corrected chi connectivity index (χ0v) is 14.0. The van der Waals surface area contributed by atoms with Crippen LogP contribution in [0.2, 0.25) is 0 Å². The molecule has 6 nitrogen and oxygen atoms in total. The van der Waals surface area contributed by atoms with Crippen LogP contribution >= 0.6 is 11.3 Å². The lowest BCUT2D eigenvalue weighted by molar-refractivity contribution is -0.139. The van der Waals surface area contributed by atoms with Gasteiger partial charge < -0.3 is 15.7 Å². The van der Waals surface area contributed by atoms with Crippen molar-refractivity contribution in [3.63, 3.8) is 0 Å². The molecule has 1 atom stereocenters. The number of hydrogen-bond acceptors (Lipinski definition) is 4. The highest BCUT2D eigenvalue weighted by atomic mass is 32.1. The fraction of sp³-hybridized carbons (Fsp3) is 0.533. The van der Waals surface area contributed by atoms with Crippen LogP contribution in [0.25, 0.3) is 0 Å². The number of aliphatic carboxylic acids is 1. The molecule has 122 valence electrons. The second-order valence-electron chi connectivity index (χ2n) is 5.50. The lowest BCUT2D eigenvalue weighted by Crippen LogP contribution is -2.41. The largest absolute Gasteiger partial charge is 0.480 e. The van der Waals surface area contributed by atoms with Gasteiger partial charge >= 0.3 is 5.97 Å². The Balaban J connectivity index is 2.92. The number of aryl methyl sites for hydroxylation is 1. The van der Waals surface area contributed by atoms with Gasteiger partial charge in [-0.3, -0.25) is 9.59 Å². The highest BCUT2D eigenvalue weighted by Gasteiger charge is 2.24. The van der Waals surface area contributed by atoms with E-state index < -0.39 is 17.9 Å². The standard InChI is InChI=1S/C15H22N2O4S/c1-5-12(18)17-14-10(7-9(4)22-14)13(19)16-11(15(20)21)6-8(2)3/h7-8,11H,5-6H2,1-4H3,(H,16,19)(H,17,18)(H,20,21). The molecule has 1 aromatic rings. The van der Waals surface area contributed by atoms with Gasteiger partial charge in [-0.2, -0.15) is 0 Å². The average Bonchev–Trinajstić information content (AvgIpc) is 2.77. The van der Waals surface area contributed by atoms with Gasteiger partial charge in [0.25, 0.3) is 5.91 Å². The normalized spacial score (nSPS) is 12.0. The number of carboxylic acids is 1. The predicted octanol–water partition coefficient (Wildman–Crippen LogP) is 2.63. The Morgan fingerprint density at radius 3 is 2.45 bits per heavy atom. The van der Waals surface area contributed by atoms with Crippen molar-refractivity contribution in [3.8, 4) is 0 Å². The van der Waals surface area contributed by atoms with E-state index in [0.29, 0.717) is 23.4 Å². The van der Waals surface area contributed by atoms with E-state index >= 15 is 0 Å². The maximum atomic E-state index is 12.3. The Labute approximate surface area is 133 Å². The van der Waals surface area contributed by atoms with Crippen LogP contribution in [-0.4, -0.2) is 28.9 Å². The number of carbonyl (C=O) groups excluding carboxylic acids is 2. The average molecular weight is 326 g/mol. The van der Waals surface area contributed by atoms with Crippen molar-refractivity contribution in [2.75, 3.05) is 5.32 Å². The summed E-state index contributed by atoms with van der Waals surface area (Å²) in [4.78, 5) is 35.9. The minimum absolute atomic E-state index is 0.143. The van der Waals surface area contributed by atoms with Crippen LogP contribution in [-0.2, 0) is 9.59 Å². The zero-order valence-electron chi connectivity index (χ0n) is 13.2. The fourth-order valence-electron chi connectivity index (χ4n) is 1.92. The molecule has 0 aliphatic heterocycles. The van der Waals surface area contributed by atoms with Crippen LogP contribution in [0.1, 0.15) is 48.8 Å². The summed E-state index contributed by atoms with van der Waals surface area (Å²) in [7, 11) is 0. The molecule has 0 saturated carbocycles. The number of nitrogens with one attached hydrogen (secondary N) is 2. The smallest absolute Gasteiger partial charge is 0.326 e. The van der Waals surface area contributed by atoms with Gasteiger partial charge in [0.15, 0.2) is 0 Å². The van der Waals surface area contributed by atoms with Crippen molar-refractivity contribution in [2.24, 2.45) is 5.92 Å². The lowest BCUT2D eigenvalue weighted by atomic mass is 10.0. The number of amides is 2. The van der Waals surface area contributed by atoms with Gasteiger partial charge in [-0.05, 0) is 25.3 Å². The van der Waals surface area contributed by atoms with Crippen molar-refractivity contribution in [1.29, 1.82) is 0 Å². The maximum absolute atomic E-state index is 12.3. The molecule has 1 rings (SSSR count). The fourth-order valence-corrected chi connectivity index (χ4v) is 2.84. The number of rotatable bonds is 7. The van der Waals surface area contributed by atoms with Gasteiger partial charge in [-0.25, -0.2) is 4.79 Å². The quantitative estimate of drug-likeness (QED) is 0.718.